The molecule has 0 saturated heterocycles. The standard InChI is InChI=1S/C26H23N3O3/c1-3-31-25-13-18-12-16(2)32-24(18)15-23(25)29-26(30)20-14-22(17-8-10-27-11-9-17)28-21-7-5-4-6-19(20)21/h4-11,13-16H,3,12H2,1-2H3,(H,29,30)/t16-/m0/s1. The molecule has 1 N–H and O–H groups in total. The van der Waals surface area contributed by atoms with Crippen molar-refractivity contribution in [2.75, 3.05) is 11.9 Å². The first-order valence-electron chi connectivity index (χ1n) is 10.7. The van der Waals surface area contributed by atoms with E-state index in [0.717, 1.165) is 34.2 Å². The number of para-hydroxylation sites is 1. The van der Waals surface area contributed by atoms with Gasteiger partial charge in [-0.05, 0) is 44.2 Å². The van der Waals surface area contributed by atoms with E-state index in [1.807, 2.05) is 68.4 Å². The van der Waals surface area contributed by atoms with Crippen LogP contribution in [0.4, 0.5) is 5.69 Å². The molecule has 0 fully saturated rings. The molecule has 6 heteroatoms. The molecule has 3 heterocycles. The number of hydrogen-bond acceptors (Lipinski definition) is 5. The summed E-state index contributed by atoms with van der Waals surface area (Å²) in [5.74, 6) is 1.20. The zero-order valence-corrected chi connectivity index (χ0v) is 18.0. The molecule has 2 aromatic heterocycles. The Labute approximate surface area is 186 Å². The van der Waals surface area contributed by atoms with Gasteiger partial charge in [-0.15, -0.1) is 0 Å². The molecule has 0 aliphatic carbocycles. The van der Waals surface area contributed by atoms with Gasteiger partial charge in [-0.2, -0.15) is 0 Å². The SMILES string of the molecule is CCOc1cc2c(cc1NC(=O)c1cc(-c3ccncc3)nc3ccccc13)O[C@@H](C)C2. The largest absolute Gasteiger partial charge is 0.492 e. The van der Waals surface area contributed by atoms with Gasteiger partial charge in [0.1, 0.15) is 17.6 Å². The average molecular weight is 425 g/mol. The molecule has 1 aliphatic rings. The number of pyridine rings is 2. The maximum Gasteiger partial charge on any atom is 0.256 e. The fourth-order valence-electron chi connectivity index (χ4n) is 4.04. The molecule has 0 saturated carbocycles. The Kier molecular flexibility index (Phi) is 5.19. The summed E-state index contributed by atoms with van der Waals surface area (Å²) in [6.45, 7) is 4.46. The van der Waals surface area contributed by atoms with Crippen LogP contribution in [0.1, 0.15) is 29.8 Å². The molecular formula is C26H23N3O3. The van der Waals surface area contributed by atoms with Crippen LogP contribution in [0, 0.1) is 0 Å². The fourth-order valence-corrected chi connectivity index (χ4v) is 4.04. The van der Waals surface area contributed by atoms with Gasteiger partial charge in [-0.1, -0.05) is 18.2 Å². The van der Waals surface area contributed by atoms with Gasteiger partial charge >= 0.3 is 0 Å². The van der Waals surface area contributed by atoms with Crippen molar-refractivity contribution < 1.29 is 14.3 Å². The first kappa shape index (κ1) is 20.0. The van der Waals surface area contributed by atoms with Crippen LogP contribution in [0.5, 0.6) is 11.5 Å². The number of ether oxygens (including phenoxy) is 2. The molecule has 0 radical (unpaired) electrons. The Morgan fingerprint density at radius 2 is 1.97 bits per heavy atom. The number of aromatic nitrogens is 2. The van der Waals surface area contributed by atoms with E-state index < -0.39 is 0 Å². The molecule has 1 atom stereocenters. The zero-order valence-electron chi connectivity index (χ0n) is 18.0. The highest BCUT2D eigenvalue weighted by atomic mass is 16.5. The Morgan fingerprint density at radius 3 is 2.78 bits per heavy atom. The van der Waals surface area contributed by atoms with Crippen LogP contribution in [0.15, 0.2) is 67.0 Å². The predicted molar refractivity (Wildman–Crippen MR) is 124 cm³/mol. The van der Waals surface area contributed by atoms with E-state index in [-0.39, 0.29) is 12.0 Å². The van der Waals surface area contributed by atoms with Crippen molar-refractivity contribution in [1.82, 2.24) is 9.97 Å². The molecule has 5 rings (SSSR count). The van der Waals surface area contributed by atoms with Gasteiger partial charge in [0.15, 0.2) is 0 Å². The number of anilines is 1. The molecular weight excluding hydrogens is 402 g/mol. The lowest BCUT2D eigenvalue weighted by molar-refractivity contribution is 0.102. The topological polar surface area (TPSA) is 73.3 Å². The van der Waals surface area contributed by atoms with E-state index in [0.29, 0.717) is 29.3 Å². The molecule has 1 aliphatic heterocycles. The molecule has 32 heavy (non-hydrogen) atoms. The molecule has 160 valence electrons. The second kappa shape index (κ2) is 8.30. The minimum Gasteiger partial charge on any atom is -0.492 e. The zero-order chi connectivity index (χ0) is 22.1. The van der Waals surface area contributed by atoms with E-state index in [1.54, 1.807) is 12.4 Å². The maximum atomic E-state index is 13.5. The summed E-state index contributed by atoms with van der Waals surface area (Å²) in [4.78, 5) is 22.3. The summed E-state index contributed by atoms with van der Waals surface area (Å²) in [6, 6.07) is 17.0. The number of carbonyl (C=O) groups is 1. The lowest BCUT2D eigenvalue weighted by Crippen LogP contribution is -2.14. The highest BCUT2D eigenvalue weighted by Crippen LogP contribution is 2.38. The number of fused-ring (bicyclic) bond motifs is 2. The van der Waals surface area contributed by atoms with Gasteiger partial charge in [0.05, 0.1) is 29.1 Å². The maximum absolute atomic E-state index is 13.5. The van der Waals surface area contributed by atoms with E-state index in [4.69, 9.17) is 14.5 Å². The minimum atomic E-state index is -0.231. The highest BCUT2D eigenvalue weighted by Gasteiger charge is 2.23. The molecule has 0 bridgehead atoms. The number of carbonyl (C=O) groups excluding carboxylic acids is 1. The van der Waals surface area contributed by atoms with Crippen LogP contribution in [0.25, 0.3) is 22.2 Å². The number of rotatable bonds is 5. The number of amides is 1. The van der Waals surface area contributed by atoms with Crippen LogP contribution in [0.3, 0.4) is 0 Å². The third-order valence-corrected chi connectivity index (χ3v) is 5.48. The van der Waals surface area contributed by atoms with Gasteiger partial charge < -0.3 is 14.8 Å². The van der Waals surface area contributed by atoms with Gasteiger partial charge in [0.25, 0.3) is 5.91 Å². The molecule has 1 amide bonds. The highest BCUT2D eigenvalue weighted by molar-refractivity contribution is 6.13. The van der Waals surface area contributed by atoms with E-state index >= 15 is 0 Å². The number of hydrogen-bond donors (Lipinski definition) is 1. The smallest absolute Gasteiger partial charge is 0.256 e. The van der Waals surface area contributed by atoms with Crippen molar-refractivity contribution in [3.63, 3.8) is 0 Å². The van der Waals surface area contributed by atoms with E-state index in [1.165, 1.54) is 0 Å². The van der Waals surface area contributed by atoms with Crippen LogP contribution < -0.4 is 14.8 Å². The van der Waals surface area contributed by atoms with Gasteiger partial charge in [0.2, 0.25) is 0 Å². The monoisotopic (exact) mass is 425 g/mol. The predicted octanol–water partition coefficient (Wildman–Crippen LogP) is 5.27. The summed E-state index contributed by atoms with van der Waals surface area (Å²) in [5.41, 5.74) is 4.59. The first-order chi connectivity index (χ1) is 15.6. The number of benzene rings is 2. The molecule has 2 aromatic carbocycles. The summed E-state index contributed by atoms with van der Waals surface area (Å²) in [7, 11) is 0. The Morgan fingerprint density at radius 1 is 1.16 bits per heavy atom. The van der Waals surface area contributed by atoms with Crippen LogP contribution in [-0.2, 0) is 6.42 Å². The van der Waals surface area contributed by atoms with Crippen LogP contribution in [0.2, 0.25) is 0 Å². The lowest BCUT2D eigenvalue weighted by atomic mass is 10.0. The van der Waals surface area contributed by atoms with Crippen molar-refractivity contribution in [2.45, 2.75) is 26.4 Å². The minimum absolute atomic E-state index is 0.109. The summed E-state index contributed by atoms with van der Waals surface area (Å²) in [5, 5.41) is 3.83. The van der Waals surface area contributed by atoms with Crippen molar-refractivity contribution >= 4 is 22.5 Å². The second-order valence-corrected chi connectivity index (χ2v) is 7.78. The summed E-state index contributed by atoms with van der Waals surface area (Å²) in [6.07, 6.45) is 4.36. The van der Waals surface area contributed by atoms with Gasteiger partial charge in [-0.3, -0.25) is 9.78 Å². The third-order valence-electron chi connectivity index (χ3n) is 5.48. The Balaban J connectivity index is 1.57. The van der Waals surface area contributed by atoms with Crippen LogP contribution in [-0.4, -0.2) is 28.6 Å². The lowest BCUT2D eigenvalue weighted by Gasteiger charge is -2.15. The Bertz CT molecular complexity index is 1300. The van der Waals surface area contributed by atoms with Crippen molar-refractivity contribution in [3.05, 3.63) is 78.1 Å². The van der Waals surface area contributed by atoms with Crippen molar-refractivity contribution in [1.29, 1.82) is 0 Å². The second-order valence-electron chi connectivity index (χ2n) is 7.78. The molecule has 4 aromatic rings. The van der Waals surface area contributed by atoms with Gasteiger partial charge in [0, 0.05) is 41.4 Å². The summed E-state index contributed by atoms with van der Waals surface area (Å²) >= 11 is 0. The van der Waals surface area contributed by atoms with E-state index in [9.17, 15) is 4.79 Å². The number of nitrogens with one attached hydrogen (secondary N) is 1. The average Bonchev–Trinajstić information content (AvgIpc) is 3.18. The van der Waals surface area contributed by atoms with Gasteiger partial charge in [-0.25, -0.2) is 4.98 Å². The first-order valence-corrected chi connectivity index (χ1v) is 10.7. The number of nitrogens with zero attached hydrogens (tertiary/aromatic N) is 2. The van der Waals surface area contributed by atoms with Crippen molar-refractivity contribution in [2.24, 2.45) is 0 Å². The third kappa shape index (κ3) is 3.75. The normalized spacial score (nSPS) is 14.6. The summed E-state index contributed by atoms with van der Waals surface area (Å²) < 4.78 is 11.7. The Hall–Kier alpha value is -3.93. The van der Waals surface area contributed by atoms with Crippen LogP contribution >= 0.6 is 0 Å². The van der Waals surface area contributed by atoms with Crippen molar-refractivity contribution in [3.8, 4) is 22.8 Å². The molecule has 6 nitrogen and oxygen atoms in total. The quantitative estimate of drug-likeness (QED) is 0.471. The molecule has 0 spiro atoms. The fraction of sp³-hybridized carbons (Fsp3) is 0.192. The molecule has 0 unspecified atom stereocenters. The van der Waals surface area contributed by atoms with E-state index in [2.05, 4.69) is 10.3 Å².